The summed E-state index contributed by atoms with van der Waals surface area (Å²) in [7, 11) is 0. The van der Waals surface area contributed by atoms with E-state index in [1.165, 1.54) is 22.3 Å². The fraction of sp³-hybridized carbons (Fsp3) is 0.0750. The first-order valence-corrected chi connectivity index (χ1v) is 15.1. The van der Waals surface area contributed by atoms with E-state index in [9.17, 15) is 0 Å². The molecule has 0 saturated heterocycles. The molecular weight excluding hydrogens is 554 g/mol. The van der Waals surface area contributed by atoms with E-state index >= 15 is 0 Å². The van der Waals surface area contributed by atoms with Crippen LogP contribution in [-0.2, 0) is 5.41 Å². The maximum atomic E-state index is 6.72. The summed E-state index contributed by atoms with van der Waals surface area (Å²) >= 11 is 0. The molecule has 0 saturated carbocycles. The highest BCUT2D eigenvalue weighted by atomic mass is 16.6. The minimum absolute atomic E-state index is 0.156. The maximum Gasteiger partial charge on any atom is 0.181 e. The molecule has 0 amide bonds. The molecule has 0 N–H and O–H groups in total. The Morgan fingerprint density at radius 2 is 1.11 bits per heavy atom. The lowest BCUT2D eigenvalue weighted by Gasteiger charge is -2.26. The predicted octanol–water partition coefficient (Wildman–Crippen LogP) is 10.2. The molecule has 0 spiro atoms. The molecule has 0 bridgehead atoms. The van der Waals surface area contributed by atoms with Gasteiger partial charge in [0.1, 0.15) is 0 Å². The van der Waals surface area contributed by atoms with Crippen molar-refractivity contribution in [2.45, 2.75) is 19.3 Å². The van der Waals surface area contributed by atoms with Crippen LogP contribution in [0.3, 0.4) is 0 Å². The van der Waals surface area contributed by atoms with Crippen LogP contribution < -0.4 is 9.47 Å². The third-order valence-electron chi connectivity index (χ3n) is 9.00. The second-order valence-corrected chi connectivity index (χ2v) is 12.1. The van der Waals surface area contributed by atoms with Crippen molar-refractivity contribution < 1.29 is 9.47 Å². The Kier molecular flexibility index (Phi) is 5.47. The lowest BCUT2D eigenvalue weighted by molar-refractivity contribution is 0.360. The maximum absolute atomic E-state index is 6.72. The number of nitrogens with zero attached hydrogens (tertiary/aromatic N) is 3. The summed E-state index contributed by atoms with van der Waals surface area (Å²) in [6, 6.07) is 43.2. The van der Waals surface area contributed by atoms with E-state index in [1.807, 2.05) is 66.7 Å². The molecule has 1 aliphatic carbocycles. The molecule has 1 aromatic heterocycles. The van der Waals surface area contributed by atoms with E-state index in [4.69, 9.17) is 24.4 Å². The van der Waals surface area contributed by atoms with E-state index in [2.05, 4.69) is 74.5 Å². The average Bonchev–Trinajstić information content (AvgIpc) is 3.31. The van der Waals surface area contributed by atoms with Gasteiger partial charge in [0.25, 0.3) is 0 Å². The summed E-state index contributed by atoms with van der Waals surface area (Å²) in [5.74, 6) is 4.30. The highest BCUT2D eigenvalue weighted by Gasteiger charge is 2.37. The number of hydrogen-bond donors (Lipinski definition) is 0. The monoisotopic (exact) mass is 581 g/mol. The Bertz CT molecular complexity index is 2310. The molecule has 2 aliphatic rings. The Morgan fingerprint density at radius 3 is 2.00 bits per heavy atom. The lowest BCUT2D eigenvalue weighted by Crippen LogP contribution is -2.15. The number of benzene rings is 6. The molecule has 2 heterocycles. The smallest absolute Gasteiger partial charge is 0.181 e. The SMILES string of the molecule is CC1(C)c2ccccc2-c2cc3c(cc21)Oc1c(cccc1-c1nc(-c2ccccc2)nc(-c2cccc4ccccc24)n1)O3. The van der Waals surface area contributed by atoms with Gasteiger partial charge in [-0.2, -0.15) is 0 Å². The van der Waals surface area contributed by atoms with E-state index in [-0.39, 0.29) is 5.41 Å². The first-order chi connectivity index (χ1) is 22.0. The minimum Gasteiger partial charge on any atom is -0.449 e. The van der Waals surface area contributed by atoms with Crippen molar-refractivity contribution >= 4 is 10.8 Å². The van der Waals surface area contributed by atoms with Crippen LogP contribution in [0.5, 0.6) is 23.0 Å². The fourth-order valence-corrected chi connectivity index (χ4v) is 6.73. The second-order valence-electron chi connectivity index (χ2n) is 12.1. The molecule has 7 aromatic rings. The van der Waals surface area contributed by atoms with Gasteiger partial charge in [-0.3, -0.25) is 0 Å². The molecule has 5 nitrogen and oxygen atoms in total. The van der Waals surface area contributed by atoms with Crippen molar-refractivity contribution in [1.82, 2.24) is 15.0 Å². The molecular formula is C40H27N3O2. The summed E-state index contributed by atoms with van der Waals surface area (Å²) in [6.45, 7) is 4.52. The molecule has 0 radical (unpaired) electrons. The summed E-state index contributed by atoms with van der Waals surface area (Å²) in [5, 5.41) is 2.21. The van der Waals surface area contributed by atoms with Gasteiger partial charge >= 0.3 is 0 Å². The highest BCUT2D eigenvalue weighted by Crippen LogP contribution is 2.56. The summed E-state index contributed by atoms with van der Waals surface area (Å²) in [6.07, 6.45) is 0. The minimum atomic E-state index is -0.156. The number of ether oxygens (including phenoxy) is 2. The zero-order valence-corrected chi connectivity index (χ0v) is 24.8. The lowest BCUT2D eigenvalue weighted by atomic mass is 9.82. The molecule has 9 rings (SSSR count). The number of hydrogen-bond acceptors (Lipinski definition) is 5. The van der Waals surface area contributed by atoms with Gasteiger partial charge in [-0.15, -0.1) is 0 Å². The van der Waals surface area contributed by atoms with Gasteiger partial charge in [0, 0.05) is 16.5 Å². The number of para-hydroxylation sites is 1. The second kappa shape index (κ2) is 9.60. The molecule has 5 heteroatoms. The average molecular weight is 582 g/mol. The quantitative estimate of drug-likeness (QED) is 0.208. The Hall–Kier alpha value is -5.81. The Morgan fingerprint density at radius 1 is 0.467 bits per heavy atom. The van der Waals surface area contributed by atoms with E-state index in [1.54, 1.807) is 0 Å². The van der Waals surface area contributed by atoms with Gasteiger partial charge in [0.05, 0.1) is 5.56 Å². The van der Waals surface area contributed by atoms with Gasteiger partial charge < -0.3 is 9.47 Å². The first kappa shape index (κ1) is 25.7. The Balaban J connectivity index is 1.21. The van der Waals surface area contributed by atoms with Crippen molar-refractivity contribution in [3.63, 3.8) is 0 Å². The number of rotatable bonds is 3. The van der Waals surface area contributed by atoms with Crippen LogP contribution in [-0.4, -0.2) is 15.0 Å². The van der Waals surface area contributed by atoms with Gasteiger partial charge in [-0.1, -0.05) is 117 Å². The normalized spacial score (nSPS) is 13.6. The van der Waals surface area contributed by atoms with Crippen molar-refractivity contribution in [2.75, 3.05) is 0 Å². The standard InChI is InChI=1S/C40H27N3O2/c1-40(2)31-20-9-8-17-27(31)30-22-34-35(23-32(30)40)45-36-29(19-11-21-33(36)44-34)39-42-37(25-13-4-3-5-14-25)41-38(43-39)28-18-10-15-24-12-6-7-16-26(24)28/h3-23H,1-2H3. The molecule has 0 fully saturated rings. The van der Waals surface area contributed by atoms with Crippen LogP contribution in [0.4, 0.5) is 0 Å². The van der Waals surface area contributed by atoms with E-state index in [0.29, 0.717) is 40.5 Å². The largest absolute Gasteiger partial charge is 0.449 e. The van der Waals surface area contributed by atoms with Crippen LogP contribution in [0.15, 0.2) is 127 Å². The van der Waals surface area contributed by atoms with Crippen LogP contribution in [0.25, 0.3) is 56.1 Å². The van der Waals surface area contributed by atoms with Gasteiger partial charge in [0.15, 0.2) is 40.5 Å². The molecule has 214 valence electrons. The number of aromatic nitrogens is 3. The zero-order valence-electron chi connectivity index (χ0n) is 24.8. The summed E-state index contributed by atoms with van der Waals surface area (Å²) in [5.41, 5.74) is 7.38. The third-order valence-corrected chi connectivity index (χ3v) is 9.00. The highest BCUT2D eigenvalue weighted by molar-refractivity contribution is 5.95. The van der Waals surface area contributed by atoms with Crippen LogP contribution in [0, 0.1) is 0 Å². The molecule has 0 atom stereocenters. The van der Waals surface area contributed by atoms with Gasteiger partial charge in [-0.25, -0.2) is 15.0 Å². The van der Waals surface area contributed by atoms with Crippen molar-refractivity contribution in [2.24, 2.45) is 0 Å². The van der Waals surface area contributed by atoms with Crippen molar-refractivity contribution in [3.05, 3.63) is 139 Å². The molecule has 0 unspecified atom stereocenters. The van der Waals surface area contributed by atoms with E-state index in [0.717, 1.165) is 27.5 Å². The fourth-order valence-electron chi connectivity index (χ4n) is 6.73. The predicted molar refractivity (Wildman–Crippen MR) is 178 cm³/mol. The van der Waals surface area contributed by atoms with Crippen molar-refractivity contribution in [1.29, 1.82) is 0 Å². The van der Waals surface area contributed by atoms with E-state index < -0.39 is 0 Å². The third kappa shape index (κ3) is 3.97. The van der Waals surface area contributed by atoms with Crippen LogP contribution >= 0.6 is 0 Å². The number of fused-ring (bicyclic) bond motifs is 6. The van der Waals surface area contributed by atoms with Crippen LogP contribution in [0.2, 0.25) is 0 Å². The van der Waals surface area contributed by atoms with Gasteiger partial charge in [0.2, 0.25) is 0 Å². The molecule has 6 aromatic carbocycles. The molecule has 45 heavy (non-hydrogen) atoms. The Labute approximate surface area is 260 Å². The van der Waals surface area contributed by atoms with Gasteiger partial charge in [-0.05, 0) is 57.3 Å². The topological polar surface area (TPSA) is 57.1 Å². The first-order valence-electron chi connectivity index (χ1n) is 15.1. The summed E-state index contributed by atoms with van der Waals surface area (Å²) < 4.78 is 13.3. The zero-order chi connectivity index (χ0) is 30.1. The van der Waals surface area contributed by atoms with Crippen LogP contribution in [0.1, 0.15) is 25.0 Å². The van der Waals surface area contributed by atoms with Crippen molar-refractivity contribution in [3.8, 4) is 68.3 Å². The summed E-state index contributed by atoms with van der Waals surface area (Å²) in [4.78, 5) is 15.0. The molecule has 1 aliphatic heterocycles.